The highest BCUT2D eigenvalue weighted by atomic mass is 16.6. The van der Waals surface area contributed by atoms with Crippen LogP contribution >= 0.6 is 0 Å². The number of amides is 1. The smallest absolute Gasteiger partial charge is 0.328 e. The first-order valence-electron chi connectivity index (χ1n) is 6.73. The second kappa shape index (κ2) is 7.53. The number of pyridine rings is 1. The third-order valence-corrected chi connectivity index (χ3v) is 2.52. The number of carbonyl (C=O) groups excluding carboxylic acids is 3. The van der Waals surface area contributed by atoms with E-state index in [1.165, 1.54) is 31.6 Å². The van der Waals surface area contributed by atoms with Crippen molar-refractivity contribution < 1.29 is 23.9 Å². The van der Waals surface area contributed by atoms with Crippen molar-refractivity contribution in [3.8, 4) is 0 Å². The van der Waals surface area contributed by atoms with Crippen LogP contribution in [-0.4, -0.2) is 41.6 Å². The summed E-state index contributed by atoms with van der Waals surface area (Å²) in [5.41, 5.74) is -0.347. The Morgan fingerprint density at radius 1 is 1.23 bits per heavy atom. The molecule has 0 unspecified atom stereocenters. The number of ether oxygens (including phenoxy) is 2. The van der Waals surface area contributed by atoms with Crippen LogP contribution in [0, 0.1) is 0 Å². The molecule has 1 N–H and O–H groups in total. The number of rotatable bonds is 5. The highest BCUT2D eigenvalue weighted by molar-refractivity contribution is 5.97. The first-order valence-corrected chi connectivity index (χ1v) is 6.73. The van der Waals surface area contributed by atoms with Crippen LogP contribution in [0.4, 0.5) is 0 Å². The number of nitrogens with zero attached hydrogens (tertiary/aromatic N) is 1. The summed E-state index contributed by atoms with van der Waals surface area (Å²) in [6.45, 7) is 5.15. The van der Waals surface area contributed by atoms with E-state index in [0.29, 0.717) is 5.56 Å². The molecule has 22 heavy (non-hydrogen) atoms. The third kappa shape index (κ3) is 5.90. The van der Waals surface area contributed by atoms with Crippen molar-refractivity contribution >= 4 is 17.8 Å². The Bertz CT molecular complexity index is 537. The van der Waals surface area contributed by atoms with Gasteiger partial charge in [-0.05, 0) is 32.9 Å². The van der Waals surface area contributed by atoms with Crippen molar-refractivity contribution in [3.63, 3.8) is 0 Å². The van der Waals surface area contributed by atoms with Gasteiger partial charge in [0.05, 0.1) is 13.5 Å². The van der Waals surface area contributed by atoms with Crippen LogP contribution in [0.2, 0.25) is 0 Å². The van der Waals surface area contributed by atoms with Gasteiger partial charge in [0.15, 0.2) is 0 Å². The summed E-state index contributed by atoms with van der Waals surface area (Å²) in [7, 11) is 1.18. The quantitative estimate of drug-likeness (QED) is 0.818. The number of methoxy groups -OCH3 is 1. The van der Waals surface area contributed by atoms with E-state index in [2.05, 4.69) is 15.0 Å². The molecule has 0 aromatic carbocycles. The molecule has 7 nitrogen and oxygen atoms in total. The van der Waals surface area contributed by atoms with Crippen LogP contribution in [0.15, 0.2) is 24.5 Å². The Labute approximate surface area is 129 Å². The molecule has 0 spiro atoms. The van der Waals surface area contributed by atoms with E-state index in [0.717, 1.165) is 0 Å². The zero-order valence-corrected chi connectivity index (χ0v) is 13.1. The van der Waals surface area contributed by atoms with Crippen LogP contribution in [0.25, 0.3) is 0 Å². The molecule has 0 saturated heterocycles. The fourth-order valence-corrected chi connectivity index (χ4v) is 1.63. The fraction of sp³-hybridized carbons (Fsp3) is 0.467. The van der Waals surface area contributed by atoms with Crippen molar-refractivity contribution in [3.05, 3.63) is 30.1 Å². The first-order chi connectivity index (χ1) is 10.2. The average Bonchev–Trinajstić information content (AvgIpc) is 2.44. The van der Waals surface area contributed by atoms with Gasteiger partial charge in [0, 0.05) is 18.0 Å². The molecule has 0 radical (unpaired) electrons. The minimum atomic E-state index is -1.11. The van der Waals surface area contributed by atoms with Crippen molar-refractivity contribution in [2.24, 2.45) is 0 Å². The third-order valence-electron chi connectivity index (χ3n) is 2.52. The highest BCUT2D eigenvalue weighted by Gasteiger charge is 2.27. The van der Waals surface area contributed by atoms with Crippen LogP contribution in [-0.2, 0) is 19.1 Å². The molecular formula is C15H20N2O5. The molecule has 1 atom stereocenters. The van der Waals surface area contributed by atoms with Crippen LogP contribution in [0.5, 0.6) is 0 Å². The van der Waals surface area contributed by atoms with E-state index >= 15 is 0 Å². The Morgan fingerprint density at radius 3 is 2.32 bits per heavy atom. The summed E-state index contributed by atoms with van der Waals surface area (Å²) in [5.74, 6) is -1.81. The van der Waals surface area contributed by atoms with Gasteiger partial charge in [-0.1, -0.05) is 0 Å². The number of nitrogens with one attached hydrogen (secondary N) is 1. The Morgan fingerprint density at radius 2 is 1.82 bits per heavy atom. The standard InChI is InChI=1S/C15H20N2O5/c1-15(2,3)22-12(18)9-11(14(20)21-4)17-13(19)10-5-7-16-8-6-10/h5-8,11H,9H2,1-4H3,(H,17,19)/t11-/m0/s1. The zero-order chi connectivity index (χ0) is 16.8. The molecule has 0 saturated carbocycles. The minimum Gasteiger partial charge on any atom is -0.467 e. The molecule has 0 bridgehead atoms. The number of esters is 2. The molecule has 1 rings (SSSR count). The molecule has 1 amide bonds. The SMILES string of the molecule is COC(=O)[C@H](CC(=O)OC(C)(C)C)NC(=O)c1ccncc1. The van der Waals surface area contributed by atoms with E-state index in [1.54, 1.807) is 20.8 Å². The van der Waals surface area contributed by atoms with Crippen LogP contribution < -0.4 is 5.32 Å². The molecule has 1 heterocycles. The van der Waals surface area contributed by atoms with Crippen LogP contribution in [0.3, 0.4) is 0 Å². The van der Waals surface area contributed by atoms with Crippen molar-refractivity contribution in [1.82, 2.24) is 10.3 Å². The lowest BCUT2D eigenvalue weighted by Gasteiger charge is -2.22. The lowest BCUT2D eigenvalue weighted by Crippen LogP contribution is -2.43. The maximum absolute atomic E-state index is 12.0. The molecule has 0 fully saturated rings. The largest absolute Gasteiger partial charge is 0.467 e. The second-order valence-electron chi connectivity index (χ2n) is 5.58. The molecular weight excluding hydrogens is 288 g/mol. The molecule has 1 aromatic rings. The van der Waals surface area contributed by atoms with E-state index in [1.807, 2.05) is 0 Å². The summed E-state index contributed by atoms with van der Waals surface area (Å²) >= 11 is 0. The van der Waals surface area contributed by atoms with E-state index < -0.39 is 29.5 Å². The van der Waals surface area contributed by atoms with Gasteiger partial charge in [-0.3, -0.25) is 14.6 Å². The van der Waals surface area contributed by atoms with Gasteiger partial charge < -0.3 is 14.8 Å². The summed E-state index contributed by atoms with van der Waals surface area (Å²) < 4.78 is 9.75. The molecule has 0 aliphatic heterocycles. The summed E-state index contributed by atoms with van der Waals surface area (Å²) in [4.78, 5) is 39.4. The lowest BCUT2D eigenvalue weighted by atomic mass is 10.1. The highest BCUT2D eigenvalue weighted by Crippen LogP contribution is 2.10. The first kappa shape index (κ1) is 17.6. The Hall–Kier alpha value is -2.44. The molecule has 0 aliphatic carbocycles. The summed E-state index contributed by atoms with van der Waals surface area (Å²) in [6.07, 6.45) is 2.60. The predicted octanol–water partition coefficient (Wildman–Crippen LogP) is 1.08. The number of aromatic nitrogens is 1. The van der Waals surface area contributed by atoms with Crippen LogP contribution in [0.1, 0.15) is 37.6 Å². The zero-order valence-electron chi connectivity index (χ0n) is 13.1. The van der Waals surface area contributed by atoms with E-state index in [9.17, 15) is 14.4 Å². The molecule has 0 aliphatic rings. The van der Waals surface area contributed by atoms with Crippen molar-refractivity contribution in [2.45, 2.75) is 38.8 Å². The van der Waals surface area contributed by atoms with E-state index in [-0.39, 0.29) is 6.42 Å². The number of hydrogen-bond donors (Lipinski definition) is 1. The van der Waals surface area contributed by atoms with Gasteiger partial charge in [-0.15, -0.1) is 0 Å². The second-order valence-corrected chi connectivity index (χ2v) is 5.58. The van der Waals surface area contributed by atoms with Gasteiger partial charge in [-0.25, -0.2) is 4.79 Å². The summed E-state index contributed by atoms with van der Waals surface area (Å²) in [6, 6.07) is 1.88. The normalized spacial score (nSPS) is 12.2. The molecule has 120 valence electrons. The van der Waals surface area contributed by atoms with Crippen molar-refractivity contribution in [2.75, 3.05) is 7.11 Å². The van der Waals surface area contributed by atoms with Gasteiger partial charge in [0.2, 0.25) is 0 Å². The Kier molecular flexibility index (Phi) is 6.03. The lowest BCUT2D eigenvalue weighted by molar-refractivity contribution is -0.158. The maximum atomic E-state index is 12.0. The van der Waals surface area contributed by atoms with Gasteiger partial charge >= 0.3 is 11.9 Å². The number of carbonyl (C=O) groups is 3. The fourth-order valence-electron chi connectivity index (χ4n) is 1.63. The molecule has 1 aromatic heterocycles. The number of hydrogen-bond acceptors (Lipinski definition) is 6. The summed E-state index contributed by atoms with van der Waals surface area (Å²) in [5, 5.41) is 2.46. The van der Waals surface area contributed by atoms with Gasteiger partial charge in [0.1, 0.15) is 11.6 Å². The Balaban J connectivity index is 2.75. The van der Waals surface area contributed by atoms with E-state index in [4.69, 9.17) is 4.74 Å². The monoisotopic (exact) mass is 308 g/mol. The topological polar surface area (TPSA) is 94.6 Å². The van der Waals surface area contributed by atoms with Crippen molar-refractivity contribution in [1.29, 1.82) is 0 Å². The average molecular weight is 308 g/mol. The molecule has 7 heteroatoms. The maximum Gasteiger partial charge on any atom is 0.328 e. The minimum absolute atomic E-state index is 0.305. The van der Waals surface area contributed by atoms with Gasteiger partial charge in [-0.2, -0.15) is 0 Å². The predicted molar refractivity (Wildman–Crippen MR) is 78.0 cm³/mol. The van der Waals surface area contributed by atoms with Gasteiger partial charge in [0.25, 0.3) is 5.91 Å².